The number of ether oxygens (including phenoxy) is 1. The first-order valence-corrected chi connectivity index (χ1v) is 13.1. The fourth-order valence-electron chi connectivity index (χ4n) is 5.58. The van der Waals surface area contributed by atoms with Crippen LogP contribution in [0.25, 0.3) is 24.3 Å². The summed E-state index contributed by atoms with van der Waals surface area (Å²) in [5.41, 5.74) is 6.90. The number of nitro benzene ring substituents is 1. The van der Waals surface area contributed by atoms with Crippen molar-refractivity contribution >= 4 is 35.7 Å². The van der Waals surface area contributed by atoms with Crippen LogP contribution in [0.4, 0.5) is 11.4 Å². The first-order valence-electron chi connectivity index (χ1n) is 13.1. The highest BCUT2D eigenvalue weighted by Gasteiger charge is 2.58. The fraction of sp³-hybridized carbons (Fsp3) is 0.176. The Hall–Kier alpha value is -4.64. The zero-order valence-corrected chi connectivity index (χ0v) is 22.3. The Morgan fingerprint density at radius 1 is 0.769 bits per heavy atom. The Morgan fingerprint density at radius 3 is 2.00 bits per heavy atom. The molecule has 0 radical (unpaired) electrons. The number of rotatable bonds is 5. The molecule has 0 fully saturated rings. The molecule has 6 rings (SSSR count). The molecule has 4 aromatic rings. The predicted octanol–water partition coefficient (Wildman–Crippen LogP) is 8.34. The molecular formula is C34H30N2O3. The monoisotopic (exact) mass is 514 g/mol. The van der Waals surface area contributed by atoms with Gasteiger partial charge < -0.3 is 9.64 Å². The molecule has 0 saturated heterocycles. The molecule has 0 saturated carbocycles. The average molecular weight is 515 g/mol. The molecule has 4 aromatic carbocycles. The van der Waals surface area contributed by atoms with Crippen molar-refractivity contribution in [3.05, 3.63) is 134 Å². The van der Waals surface area contributed by atoms with Gasteiger partial charge in [0.05, 0.1) is 16.9 Å². The summed E-state index contributed by atoms with van der Waals surface area (Å²) in [6, 6.07) is 30.2. The number of benzene rings is 4. The highest BCUT2D eigenvalue weighted by Crippen LogP contribution is 2.55. The summed E-state index contributed by atoms with van der Waals surface area (Å²) in [5, 5.41) is 11.3. The maximum atomic E-state index is 11.3. The van der Waals surface area contributed by atoms with Crippen LogP contribution in [0, 0.1) is 10.1 Å². The molecule has 39 heavy (non-hydrogen) atoms. The maximum Gasteiger partial charge on any atom is 0.270 e. The summed E-state index contributed by atoms with van der Waals surface area (Å²) in [7, 11) is 0. The topological polar surface area (TPSA) is 55.6 Å². The fourth-order valence-corrected chi connectivity index (χ4v) is 5.58. The minimum Gasteiger partial charge on any atom is -0.467 e. The molecule has 0 N–H and O–H groups in total. The van der Waals surface area contributed by atoms with Gasteiger partial charge in [0.15, 0.2) is 5.72 Å². The molecule has 0 aliphatic carbocycles. The summed E-state index contributed by atoms with van der Waals surface area (Å²) >= 11 is 0. The minimum absolute atomic E-state index is 0.0837. The van der Waals surface area contributed by atoms with E-state index in [0.717, 1.165) is 27.9 Å². The number of fused-ring (bicyclic) bond motifs is 4. The third kappa shape index (κ3) is 4.30. The van der Waals surface area contributed by atoms with Gasteiger partial charge in [-0.15, -0.1) is 0 Å². The van der Waals surface area contributed by atoms with Crippen LogP contribution in [0.2, 0.25) is 0 Å². The van der Waals surface area contributed by atoms with Crippen molar-refractivity contribution in [3.8, 4) is 5.75 Å². The van der Waals surface area contributed by atoms with Crippen LogP contribution in [0.15, 0.2) is 91.0 Å². The molecular weight excluding hydrogens is 484 g/mol. The molecule has 2 heterocycles. The number of hydrogen-bond acceptors (Lipinski definition) is 4. The van der Waals surface area contributed by atoms with E-state index in [1.54, 1.807) is 12.1 Å². The standard InChI is InChI=1S/C34H30N2O3/c1-33(2)30-21-27(16-15-26-13-11-25(12-14-26)10-9-24-7-5-4-6-8-24)17-19-31(30)35-23-28-22-29(36(37)38)18-20-32(28)39-34(33,35)3/h4-22H,23H2,1-3H3/b10-9+,16-15+. The largest absolute Gasteiger partial charge is 0.467 e. The van der Waals surface area contributed by atoms with Gasteiger partial charge in [-0.1, -0.05) is 85.0 Å². The Kier molecular flexibility index (Phi) is 5.87. The summed E-state index contributed by atoms with van der Waals surface area (Å²) < 4.78 is 6.58. The Labute approximate surface area is 228 Å². The minimum atomic E-state index is -0.607. The van der Waals surface area contributed by atoms with E-state index in [1.807, 2.05) is 18.2 Å². The number of non-ortho nitro benzene ring substituents is 1. The molecule has 194 valence electrons. The van der Waals surface area contributed by atoms with Crippen molar-refractivity contribution in [3.63, 3.8) is 0 Å². The third-order valence-corrected chi connectivity index (χ3v) is 8.22. The van der Waals surface area contributed by atoms with Crippen LogP contribution in [0.3, 0.4) is 0 Å². The zero-order valence-electron chi connectivity index (χ0n) is 22.3. The van der Waals surface area contributed by atoms with Crippen molar-refractivity contribution < 1.29 is 9.66 Å². The molecule has 5 nitrogen and oxygen atoms in total. The Morgan fingerprint density at radius 2 is 1.36 bits per heavy atom. The average Bonchev–Trinajstić information content (AvgIpc) is 3.11. The van der Waals surface area contributed by atoms with Crippen LogP contribution in [0.5, 0.6) is 5.75 Å². The smallest absolute Gasteiger partial charge is 0.270 e. The maximum absolute atomic E-state index is 11.3. The third-order valence-electron chi connectivity index (χ3n) is 8.22. The highest BCUT2D eigenvalue weighted by molar-refractivity contribution is 5.76. The second-order valence-electron chi connectivity index (χ2n) is 10.9. The summed E-state index contributed by atoms with van der Waals surface area (Å²) in [6.07, 6.45) is 8.52. The number of hydrogen-bond donors (Lipinski definition) is 0. The van der Waals surface area contributed by atoms with Gasteiger partial charge in [0, 0.05) is 23.4 Å². The van der Waals surface area contributed by atoms with Gasteiger partial charge in [-0.05, 0) is 66.8 Å². The molecule has 0 spiro atoms. The summed E-state index contributed by atoms with van der Waals surface area (Å²) in [5.74, 6) is 0.711. The van der Waals surface area contributed by atoms with Gasteiger partial charge >= 0.3 is 0 Å². The Bertz CT molecular complexity index is 1620. The first-order chi connectivity index (χ1) is 18.7. The number of nitro groups is 1. The van der Waals surface area contributed by atoms with Crippen molar-refractivity contribution in [1.82, 2.24) is 0 Å². The molecule has 0 amide bonds. The van der Waals surface area contributed by atoms with Crippen molar-refractivity contribution in [1.29, 1.82) is 0 Å². The van der Waals surface area contributed by atoms with E-state index >= 15 is 0 Å². The van der Waals surface area contributed by atoms with Crippen LogP contribution in [-0.4, -0.2) is 10.6 Å². The molecule has 1 atom stereocenters. The molecule has 2 aliphatic heterocycles. The number of nitrogens with zero attached hydrogens (tertiary/aromatic N) is 2. The number of anilines is 1. The van der Waals surface area contributed by atoms with Gasteiger partial charge in [0.2, 0.25) is 0 Å². The second kappa shape index (κ2) is 9.28. The summed E-state index contributed by atoms with van der Waals surface area (Å²) in [4.78, 5) is 13.2. The predicted molar refractivity (Wildman–Crippen MR) is 159 cm³/mol. The molecule has 5 heteroatoms. The van der Waals surface area contributed by atoms with Gasteiger partial charge in [0.25, 0.3) is 5.69 Å². The lowest BCUT2D eigenvalue weighted by Gasteiger charge is -2.48. The van der Waals surface area contributed by atoms with E-state index in [0.29, 0.717) is 12.3 Å². The lowest BCUT2D eigenvalue weighted by molar-refractivity contribution is -0.385. The van der Waals surface area contributed by atoms with E-state index in [2.05, 4.69) is 105 Å². The second-order valence-corrected chi connectivity index (χ2v) is 10.9. The quantitative estimate of drug-likeness (QED) is 0.153. The molecule has 0 bridgehead atoms. The highest BCUT2D eigenvalue weighted by atomic mass is 16.6. The van der Waals surface area contributed by atoms with Gasteiger partial charge in [-0.25, -0.2) is 0 Å². The lowest BCUT2D eigenvalue weighted by Crippen LogP contribution is -2.59. The first kappa shape index (κ1) is 24.7. The lowest BCUT2D eigenvalue weighted by atomic mass is 9.77. The van der Waals surface area contributed by atoms with Crippen LogP contribution >= 0.6 is 0 Å². The zero-order chi connectivity index (χ0) is 27.2. The normalized spacial score (nSPS) is 19.0. The molecule has 0 aromatic heterocycles. The van der Waals surface area contributed by atoms with Crippen molar-refractivity contribution in [2.24, 2.45) is 0 Å². The van der Waals surface area contributed by atoms with Crippen LogP contribution in [0.1, 0.15) is 54.2 Å². The van der Waals surface area contributed by atoms with Gasteiger partial charge in [-0.2, -0.15) is 0 Å². The van der Waals surface area contributed by atoms with E-state index < -0.39 is 5.72 Å². The van der Waals surface area contributed by atoms with E-state index in [9.17, 15) is 10.1 Å². The summed E-state index contributed by atoms with van der Waals surface area (Å²) in [6.45, 7) is 7.08. The van der Waals surface area contributed by atoms with Gasteiger partial charge in [0.1, 0.15) is 5.75 Å². The Balaban J connectivity index is 1.24. The van der Waals surface area contributed by atoms with Crippen LogP contribution < -0.4 is 9.64 Å². The van der Waals surface area contributed by atoms with Gasteiger partial charge in [-0.3, -0.25) is 10.1 Å². The molecule has 2 aliphatic rings. The van der Waals surface area contributed by atoms with Crippen molar-refractivity contribution in [2.75, 3.05) is 4.90 Å². The van der Waals surface area contributed by atoms with Crippen LogP contribution in [-0.2, 0) is 12.0 Å². The molecule has 1 unspecified atom stereocenters. The van der Waals surface area contributed by atoms with E-state index in [-0.39, 0.29) is 16.0 Å². The SMILES string of the molecule is CC1(C)c2cc(/C=C/c3ccc(/C=C/c4ccccc4)cc3)ccc2N2Cc3cc([N+](=O)[O-])ccc3OC21C. The van der Waals surface area contributed by atoms with E-state index in [1.165, 1.54) is 17.2 Å². The van der Waals surface area contributed by atoms with Crippen molar-refractivity contribution in [2.45, 2.75) is 38.5 Å². The van der Waals surface area contributed by atoms with E-state index in [4.69, 9.17) is 4.74 Å².